The molecule has 1 saturated heterocycles. The highest BCUT2D eigenvalue weighted by atomic mass is 32.2. The molecular formula is C15H21N3O3S. The third kappa shape index (κ3) is 3.10. The predicted octanol–water partition coefficient (Wildman–Crippen LogP) is 2.05. The van der Waals surface area contributed by atoms with Crippen LogP contribution in [0, 0.1) is 0 Å². The van der Waals surface area contributed by atoms with E-state index in [2.05, 4.69) is 15.0 Å². The zero-order valence-electron chi connectivity index (χ0n) is 12.8. The van der Waals surface area contributed by atoms with Gasteiger partial charge in [-0.25, -0.2) is 18.1 Å². The van der Waals surface area contributed by atoms with Crippen molar-refractivity contribution in [3.05, 3.63) is 23.8 Å². The number of nitrogens with zero attached hydrogens (tertiary/aromatic N) is 1. The zero-order valence-corrected chi connectivity index (χ0v) is 13.6. The van der Waals surface area contributed by atoms with E-state index in [0.29, 0.717) is 12.2 Å². The van der Waals surface area contributed by atoms with Crippen LogP contribution in [0.4, 0.5) is 5.69 Å². The largest absolute Gasteiger partial charge is 0.376 e. The lowest BCUT2D eigenvalue weighted by Crippen LogP contribution is -2.41. The molecule has 0 radical (unpaired) electrons. The van der Waals surface area contributed by atoms with Gasteiger partial charge in [0.15, 0.2) is 0 Å². The van der Waals surface area contributed by atoms with Crippen LogP contribution in [0.1, 0.15) is 38.2 Å². The summed E-state index contributed by atoms with van der Waals surface area (Å²) in [5.41, 5.74) is 1.56. The number of aliphatic imine (C=N–C) groups is 1. The number of nitrogens with one attached hydrogen (secondary N) is 2. The summed E-state index contributed by atoms with van der Waals surface area (Å²) in [4.78, 5) is 4.58. The van der Waals surface area contributed by atoms with E-state index in [9.17, 15) is 8.42 Å². The van der Waals surface area contributed by atoms with Crippen LogP contribution in [0.2, 0.25) is 0 Å². The van der Waals surface area contributed by atoms with Crippen molar-refractivity contribution in [3.63, 3.8) is 0 Å². The molecule has 7 heteroatoms. The molecule has 1 aromatic rings. The fourth-order valence-electron chi connectivity index (χ4n) is 2.61. The molecule has 0 aromatic heterocycles. The molecule has 22 heavy (non-hydrogen) atoms. The summed E-state index contributed by atoms with van der Waals surface area (Å²) in [6.45, 7) is 5.29. The van der Waals surface area contributed by atoms with Gasteiger partial charge in [0.2, 0.25) is 5.96 Å². The van der Waals surface area contributed by atoms with Gasteiger partial charge in [-0.15, -0.1) is 0 Å². The van der Waals surface area contributed by atoms with Crippen LogP contribution >= 0.6 is 0 Å². The van der Waals surface area contributed by atoms with Crippen molar-refractivity contribution in [1.82, 2.24) is 4.72 Å². The van der Waals surface area contributed by atoms with E-state index in [1.807, 2.05) is 19.9 Å². The molecule has 1 aromatic carbocycles. The van der Waals surface area contributed by atoms with Crippen molar-refractivity contribution in [3.8, 4) is 0 Å². The quantitative estimate of drug-likeness (QED) is 0.892. The smallest absolute Gasteiger partial charge is 0.266 e. The lowest BCUT2D eigenvalue weighted by atomic mass is 10.0. The average Bonchev–Trinajstić information content (AvgIpc) is 2.97. The van der Waals surface area contributed by atoms with E-state index in [1.165, 1.54) is 0 Å². The summed E-state index contributed by atoms with van der Waals surface area (Å²) in [6, 6.07) is 5.45. The molecule has 1 unspecified atom stereocenters. The van der Waals surface area contributed by atoms with Gasteiger partial charge in [-0.2, -0.15) is 0 Å². The molecule has 2 N–H and O–H groups in total. The van der Waals surface area contributed by atoms with Crippen LogP contribution in [-0.2, 0) is 14.8 Å². The standard InChI is InChI=1S/C15H21N3O3S/c1-10(2)11-5-6-13-14(8-11)22(19,20)18-15(17-13)16-9-12-4-3-7-21-12/h5-6,8,10,12H,3-4,7,9H2,1-2H3,(H2,16,17,18). The monoisotopic (exact) mass is 323 g/mol. The number of sulfonamides is 1. The fraction of sp³-hybridized carbons (Fsp3) is 0.533. The van der Waals surface area contributed by atoms with Gasteiger partial charge >= 0.3 is 0 Å². The van der Waals surface area contributed by atoms with Crippen LogP contribution in [0.5, 0.6) is 0 Å². The number of rotatable bonds is 3. The Labute approximate surface area is 131 Å². The zero-order chi connectivity index (χ0) is 15.7. The molecule has 6 nitrogen and oxygen atoms in total. The maximum absolute atomic E-state index is 12.4. The summed E-state index contributed by atoms with van der Waals surface area (Å²) < 4.78 is 32.8. The van der Waals surface area contributed by atoms with E-state index in [1.54, 1.807) is 12.1 Å². The highest BCUT2D eigenvalue weighted by molar-refractivity contribution is 7.90. The van der Waals surface area contributed by atoms with Gasteiger partial charge in [0.25, 0.3) is 10.0 Å². The van der Waals surface area contributed by atoms with E-state index >= 15 is 0 Å². The second kappa shape index (κ2) is 5.89. The van der Waals surface area contributed by atoms with Crippen LogP contribution in [0.3, 0.4) is 0 Å². The maximum atomic E-state index is 12.4. The maximum Gasteiger partial charge on any atom is 0.266 e. The second-order valence-corrected chi connectivity index (χ2v) is 7.62. The Morgan fingerprint density at radius 2 is 2.23 bits per heavy atom. The predicted molar refractivity (Wildman–Crippen MR) is 85.8 cm³/mol. The molecule has 3 rings (SSSR count). The molecule has 0 saturated carbocycles. The Bertz CT molecular complexity index is 692. The lowest BCUT2D eigenvalue weighted by molar-refractivity contribution is 0.118. The molecule has 0 spiro atoms. The topological polar surface area (TPSA) is 79.8 Å². The van der Waals surface area contributed by atoms with Gasteiger partial charge in [-0.05, 0) is 36.5 Å². The third-order valence-corrected chi connectivity index (χ3v) is 5.30. The Morgan fingerprint density at radius 1 is 1.41 bits per heavy atom. The number of fused-ring (bicyclic) bond motifs is 1. The Kier molecular flexibility index (Phi) is 4.10. The van der Waals surface area contributed by atoms with Gasteiger partial charge < -0.3 is 10.1 Å². The number of ether oxygens (including phenoxy) is 1. The number of benzene rings is 1. The minimum absolute atomic E-state index is 0.0866. The first kappa shape index (κ1) is 15.3. The van der Waals surface area contributed by atoms with Crippen LogP contribution in [0.15, 0.2) is 28.1 Å². The van der Waals surface area contributed by atoms with Crippen molar-refractivity contribution in [2.24, 2.45) is 4.99 Å². The van der Waals surface area contributed by atoms with E-state index in [4.69, 9.17) is 4.74 Å². The fourth-order valence-corrected chi connectivity index (χ4v) is 3.79. The van der Waals surface area contributed by atoms with Crippen molar-refractivity contribution in [2.45, 2.75) is 43.6 Å². The summed E-state index contributed by atoms with van der Waals surface area (Å²) in [5.74, 6) is 0.537. The molecule has 2 heterocycles. The van der Waals surface area contributed by atoms with Crippen molar-refractivity contribution in [1.29, 1.82) is 0 Å². The number of hydrogen-bond donors (Lipinski definition) is 2. The first-order chi connectivity index (χ1) is 10.5. The molecular weight excluding hydrogens is 302 g/mol. The van der Waals surface area contributed by atoms with Crippen LogP contribution < -0.4 is 10.0 Å². The first-order valence-corrected chi connectivity index (χ1v) is 9.04. The van der Waals surface area contributed by atoms with E-state index in [-0.39, 0.29) is 22.9 Å². The summed E-state index contributed by atoms with van der Waals surface area (Å²) in [6.07, 6.45) is 2.09. The number of anilines is 1. The Hall–Kier alpha value is -1.60. The SMILES string of the molecule is CC(C)c1ccc2c(c1)S(=O)(=O)NC(=NCC1CCCO1)N2. The Balaban J connectivity index is 1.85. The summed E-state index contributed by atoms with van der Waals surface area (Å²) >= 11 is 0. The van der Waals surface area contributed by atoms with Gasteiger partial charge in [0, 0.05) is 6.61 Å². The highest BCUT2D eigenvalue weighted by Gasteiger charge is 2.27. The van der Waals surface area contributed by atoms with Crippen molar-refractivity contribution in [2.75, 3.05) is 18.5 Å². The van der Waals surface area contributed by atoms with Crippen LogP contribution in [0.25, 0.3) is 0 Å². The van der Waals surface area contributed by atoms with Gasteiger partial charge in [-0.3, -0.25) is 0 Å². The second-order valence-electron chi connectivity index (χ2n) is 5.97. The normalized spacial score (nSPS) is 24.9. The molecule has 2 aliphatic heterocycles. The molecule has 120 valence electrons. The van der Waals surface area contributed by atoms with Gasteiger partial charge in [0.05, 0.1) is 18.3 Å². The highest BCUT2D eigenvalue weighted by Crippen LogP contribution is 2.28. The summed E-state index contributed by atoms with van der Waals surface area (Å²) in [7, 11) is -3.58. The van der Waals surface area contributed by atoms with E-state index < -0.39 is 10.0 Å². The van der Waals surface area contributed by atoms with Crippen molar-refractivity contribution < 1.29 is 13.2 Å². The molecule has 1 fully saturated rings. The van der Waals surface area contributed by atoms with Gasteiger partial charge in [0.1, 0.15) is 4.90 Å². The molecule has 2 aliphatic rings. The number of hydrogen-bond acceptors (Lipinski definition) is 4. The number of guanidine groups is 1. The first-order valence-electron chi connectivity index (χ1n) is 7.55. The average molecular weight is 323 g/mol. The minimum atomic E-state index is -3.58. The van der Waals surface area contributed by atoms with Crippen LogP contribution in [-0.4, -0.2) is 33.6 Å². The third-order valence-electron chi connectivity index (χ3n) is 3.92. The molecule has 0 amide bonds. The minimum Gasteiger partial charge on any atom is -0.376 e. The lowest BCUT2D eigenvalue weighted by Gasteiger charge is -2.23. The molecule has 0 aliphatic carbocycles. The Morgan fingerprint density at radius 3 is 2.91 bits per heavy atom. The van der Waals surface area contributed by atoms with Gasteiger partial charge in [-0.1, -0.05) is 19.9 Å². The van der Waals surface area contributed by atoms with E-state index in [0.717, 1.165) is 25.0 Å². The molecule has 0 bridgehead atoms. The summed E-state index contributed by atoms with van der Waals surface area (Å²) in [5, 5.41) is 3.05. The molecule has 1 atom stereocenters. The van der Waals surface area contributed by atoms with Crippen molar-refractivity contribution >= 4 is 21.7 Å².